The van der Waals surface area contributed by atoms with Crippen LogP contribution in [-0.4, -0.2) is 29.8 Å². The summed E-state index contributed by atoms with van der Waals surface area (Å²) in [5.74, 6) is -0.0499. The van der Waals surface area contributed by atoms with Crippen LogP contribution in [0, 0.1) is 5.92 Å². The first-order valence-electron chi connectivity index (χ1n) is 7.54. The minimum Gasteiger partial charge on any atom is -0.461 e. The number of hydrogen-bond acceptors (Lipinski definition) is 4. The minimum absolute atomic E-state index is 0.179. The molecular weight excluding hydrogens is 270 g/mol. The fourth-order valence-electron chi connectivity index (χ4n) is 2.37. The van der Waals surface area contributed by atoms with Gasteiger partial charge in [0.2, 0.25) is 0 Å². The van der Waals surface area contributed by atoms with E-state index in [9.17, 15) is 9.59 Å². The second kappa shape index (κ2) is 7.48. The molecule has 0 aliphatic carbocycles. The Bertz CT molecular complexity index is 386. The van der Waals surface area contributed by atoms with E-state index >= 15 is 0 Å². The molecule has 120 valence electrons. The van der Waals surface area contributed by atoms with Crippen LogP contribution in [0.2, 0.25) is 0 Å². The van der Waals surface area contributed by atoms with Crippen molar-refractivity contribution in [3.63, 3.8) is 0 Å². The van der Waals surface area contributed by atoms with Crippen molar-refractivity contribution in [2.45, 2.75) is 71.1 Å². The van der Waals surface area contributed by atoms with Crippen LogP contribution in [-0.2, 0) is 14.3 Å². The molecule has 1 saturated heterocycles. The molecule has 0 aromatic carbocycles. The molecule has 0 aromatic heterocycles. The van der Waals surface area contributed by atoms with E-state index in [-0.39, 0.29) is 6.10 Å². The van der Waals surface area contributed by atoms with Crippen molar-refractivity contribution in [1.82, 2.24) is 5.32 Å². The van der Waals surface area contributed by atoms with Gasteiger partial charge in [0.25, 0.3) is 0 Å². The summed E-state index contributed by atoms with van der Waals surface area (Å²) >= 11 is 0. The lowest BCUT2D eigenvalue weighted by Gasteiger charge is -2.23. The third-order valence-electron chi connectivity index (χ3n) is 3.33. The number of ether oxygens (including phenoxy) is 2. The van der Waals surface area contributed by atoms with Crippen LogP contribution < -0.4 is 5.32 Å². The highest BCUT2D eigenvalue weighted by Gasteiger charge is 2.28. The summed E-state index contributed by atoms with van der Waals surface area (Å²) in [6.07, 6.45) is 4.24. The molecule has 5 heteroatoms. The van der Waals surface area contributed by atoms with Gasteiger partial charge in [0, 0.05) is 0 Å². The second-order valence-electron chi connectivity index (χ2n) is 6.61. The van der Waals surface area contributed by atoms with Gasteiger partial charge in [0.1, 0.15) is 11.6 Å². The molecule has 1 rings (SSSR count). The Hall–Kier alpha value is -1.52. The summed E-state index contributed by atoms with van der Waals surface area (Å²) in [5.41, 5.74) is -0.590. The number of alkyl carbamates (subject to hydrolysis) is 1. The number of carbonyl (C=O) groups is 2. The SMILES string of the molecule is C=CC1CCC[C@H](NC(=O)OC(C)(C)C)C(=O)OC(C)C1. The lowest BCUT2D eigenvalue weighted by molar-refractivity contribution is -0.151. The summed E-state index contributed by atoms with van der Waals surface area (Å²) in [6, 6.07) is -0.647. The van der Waals surface area contributed by atoms with Crippen molar-refractivity contribution in [3.8, 4) is 0 Å². The summed E-state index contributed by atoms with van der Waals surface area (Å²) in [7, 11) is 0. The van der Waals surface area contributed by atoms with Crippen LogP contribution in [0.25, 0.3) is 0 Å². The molecule has 0 radical (unpaired) electrons. The van der Waals surface area contributed by atoms with Gasteiger partial charge in [0.15, 0.2) is 0 Å². The van der Waals surface area contributed by atoms with E-state index in [2.05, 4.69) is 11.9 Å². The van der Waals surface area contributed by atoms with Crippen molar-refractivity contribution < 1.29 is 19.1 Å². The zero-order chi connectivity index (χ0) is 16.0. The summed E-state index contributed by atoms with van der Waals surface area (Å²) in [5, 5.41) is 2.61. The largest absolute Gasteiger partial charge is 0.461 e. The quantitative estimate of drug-likeness (QED) is 0.628. The molecule has 2 unspecified atom stereocenters. The Labute approximate surface area is 127 Å². The predicted molar refractivity (Wildman–Crippen MR) is 80.9 cm³/mol. The molecule has 0 saturated carbocycles. The van der Waals surface area contributed by atoms with Gasteiger partial charge in [-0.25, -0.2) is 9.59 Å². The van der Waals surface area contributed by atoms with Gasteiger partial charge in [-0.05, 0) is 52.9 Å². The van der Waals surface area contributed by atoms with Gasteiger partial charge < -0.3 is 14.8 Å². The number of rotatable bonds is 2. The van der Waals surface area contributed by atoms with E-state index in [4.69, 9.17) is 9.47 Å². The first-order valence-corrected chi connectivity index (χ1v) is 7.54. The van der Waals surface area contributed by atoms with E-state index in [1.54, 1.807) is 20.8 Å². The molecule has 0 aromatic rings. The maximum absolute atomic E-state index is 12.1. The molecule has 3 atom stereocenters. The van der Waals surface area contributed by atoms with E-state index in [0.29, 0.717) is 12.3 Å². The Balaban J connectivity index is 2.65. The van der Waals surface area contributed by atoms with Gasteiger partial charge in [-0.15, -0.1) is 6.58 Å². The molecule has 1 aliphatic heterocycles. The number of nitrogens with one attached hydrogen (secondary N) is 1. The van der Waals surface area contributed by atoms with Gasteiger partial charge >= 0.3 is 12.1 Å². The average molecular weight is 297 g/mol. The number of cyclic esters (lactones) is 1. The van der Waals surface area contributed by atoms with Crippen LogP contribution in [0.3, 0.4) is 0 Å². The number of hydrogen-bond donors (Lipinski definition) is 1. The van der Waals surface area contributed by atoms with Crippen molar-refractivity contribution in [1.29, 1.82) is 0 Å². The lowest BCUT2D eigenvalue weighted by atomic mass is 9.95. The molecule has 1 amide bonds. The van der Waals surface area contributed by atoms with Crippen LogP contribution in [0.4, 0.5) is 4.79 Å². The summed E-state index contributed by atoms with van der Waals surface area (Å²) in [6.45, 7) is 11.0. The molecule has 1 N–H and O–H groups in total. The lowest BCUT2D eigenvalue weighted by Crippen LogP contribution is -2.44. The fourth-order valence-corrected chi connectivity index (χ4v) is 2.37. The number of amides is 1. The third kappa shape index (κ3) is 6.65. The number of carbonyl (C=O) groups excluding carboxylic acids is 2. The van der Waals surface area contributed by atoms with E-state index < -0.39 is 23.7 Å². The first-order chi connectivity index (χ1) is 9.71. The Morgan fingerprint density at radius 3 is 2.67 bits per heavy atom. The van der Waals surface area contributed by atoms with Gasteiger partial charge in [-0.2, -0.15) is 0 Å². The normalized spacial score (nSPS) is 27.6. The molecule has 0 spiro atoms. The highest BCUT2D eigenvalue weighted by atomic mass is 16.6. The van der Waals surface area contributed by atoms with Gasteiger partial charge in [-0.1, -0.05) is 12.5 Å². The van der Waals surface area contributed by atoms with Gasteiger partial charge in [-0.3, -0.25) is 0 Å². The standard InChI is InChI=1S/C16H27NO4/c1-6-12-8-7-9-13(14(18)20-11(2)10-12)17-15(19)21-16(3,4)5/h6,11-13H,1,7-10H2,2-5H3,(H,17,19)/t11?,12?,13-/m0/s1. The molecule has 0 bridgehead atoms. The molecule has 21 heavy (non-hydrogen) atoms. The Morgan fingerprint density at radius 2 is 2.10 bits per heavy atom. The third-order valence-corrected chi connectivity index (χ3v) is 3.33. The molecular formula is C16H27NO4. The summed E-state index contributed by atoms with van der Waals surface area (Å²) in [4.78, 5) is 23.9. The summed E-state index contributed by atoms with van der Waals surface area (Å²) < 4.78 is 10.6. The van der Waals surface area contributed by atoms with E-state index in [1.165, 1.54) is 0 Å². The van der Waals surface area contributed by atoms with Crippen LogP contribution >= 0.6 is 0 Å². The topological polar surface area (TPSA) is 64.6 Å². The van der Waals surface area contributed by atoms with Crippen LogP contribution in [0.5, 0.6) is 0 Å². The average Bonchev–Trinajstić information content (AvgIpc) is 2.38. The van der Waals surface area contributed by atoms with Crippen LogP contribution in [0.1, 0.15) is 53.4 Å². The first kappa shape index (κ1) is 17.5. The van der Waals surface area contributed by atoms with E-state index in [0.717, 1.165) is 19.3 Å². The zero-order valence-electron chi connectivity index (χ0n) is 13.5. The highest BCUT2D eigenvalue weighted by molar-refractivity contribution is 5.81. The van der Waals surface area contributed by atoms with Crippen LogP contribution in [0.15, 0.2) is 12.7 Å². The maximum atomic E-state index is 12.1. The van der Waals surface area contributed by atoms with Crippen molar-refractivity contribution >= 4 is 12.1 Å². The minimum atomic E-state index is -0.647. The molecule has 1 heterocycles. The predicted octanol–water partition coefficient (Wildman–Crippen LogP) is 3.19. The van der Waals surface area contributed by atoms with E-state index in [1.807, 2.05) is 13.0 Å². The van der Waals surface area contributed by atoms with Crippen molar-refractivity contribution in [2.24, 2.45) is 5.92 Å². The Morgan fingerprint density at radius 1 is 1.43 bits per heavy atom. The molecule has 1 aliphatic rings. The molecule has 1 fully saturated rings. The maximum Gasteiger partial charge on any atom is 0.408 e. The van der Waals surface area contributed by atoms with Crippen molar-refractivity contribution in [3.05, 3.63) is 12.7 Å². The number of esters is 1. The monoisotopic (exact) mass is 297 g/mol. The Kier molecular flexibility index (Phi) is 6.24. The zero-order valence-corrected chi connectivity index (χ0v) is 13.5. The number of allylic oxidation sites excluding steroid dienone is 1. The molecule has 5 nitrogen and oxygen atoms in total. The smallest absolute Gasteiger partial charge is 0.408 e. The highest BCUT2D eigenvalue weighted by Crippen LogP contribution is 2.21. The second-order valence-corrected chi connectivity index (χ2v) is 6.61. The van der Waals surface area contributed by atoms with Gasteiger partial charge in [0.05, 0.1) is 6.10 Å². The van der Waals surface area contributed by atoms with Crippen molar-refractivity contribution in [2.75, 3.05) is 0 Å². The fraction of sp³-hybridized carbons (Fsp3) is 0.750.